The summed E-state index contributed by atoms with van der Waals surface area (Å²) in [5, 5.41) is 3.20. The van der Waals surface area contributed by atoms with Gasteiger partial charge in [0, 0.05) is 24.3 Å². The zero-order valence-corrected chi connectivity index (χ0v) is 5.83. The summed E-state index contributed by atoms with van der Waals surface area (Å²) in [5.74, 6) is 1.07. The Hall–Kier alpha value is -1.25. The Bertz CT molecular complexity index is 272. The molecule has 0 unspecified atom stereocenters. The molecule has 0 spiro atoms. The Labute approximate surface area is 59.4 Å². The third-order valence-corrected chi connectivity index (χ3v) is 1.61. The van der Waals surface area contributed by atoms with E-state index in [4.69, 9.17) is 0 Å². The van der Waals surface area contributed by atoms with Gasteiger partial charge < -0.3 is 9.88 Å². The van der Waals surface area contributed by atoms with Crippen molar-refractivity contribution < 1.29 is 0 Å². The van der Waals surface area contributed by atoms with Crippen LogP contribution in [-0.4, -0.2) is 9.55 Å². The molecule has 0 saturated heterocycles. The molecule has 1 aliphatic heterocycles. The zero-order chi connectivity index (χ0) is 6.97. The van der Waals surface area contributed by atoms with Crippen LogP contribution >= 0.6 is 0 Å². The summed E-state index contributed by atoms with van der Waals surface area (Å²) < 4.78 is 2.03. The molecule has 1 aromatic heterocycles. The average Bonchev–Trinajstić information content (AvgIpc) is 2.33. The van der Waals surface area contributed by atoms with Gasteiger partial charge in [0.25, 0.3) is 0 Å². The molecule has 0 atom stereocenters. The molecule has 1 N–H and O–H groups in total. The van der Waals surface area contributed by atoms with Crippen LogP contribution in [0.4, 0.5) is 0 Å². The highest BCUT2D eigenvalue weighted by Gasteiger charge is 2.04. The van der Waals surface area contributed by atoms with Crippen LogP contribution in [0.1, 0.15) is 12.7 Å². The van der Waals surface area contributed by atoms with Crippen LogP contribution in [0, 0.1) is 0 Å². The maximum Gasteiger partial charge on any atom is 0.132 e. The van der Waals surface area contributed by atoms with Gasteiger partial charge >= 0.3 is 0 Å². The van der Waals surface area contributed by atoms with E-state index in [0.29, 0.717) is 0 Å². The van der Waals surface area contributed by atoms with Crippen molar-refractivity contribution in [3.8, 4) is 0 Å². The Balaban J connectivity index is 2.50. The van der Waals surface area contributed by atoms with Gasteiger partial charge in [0.1, 0.15) is 5.82 Å². The molecule has 0 aliphatic carbocycles. The number of hydrogen-bond donors (Lipinski definition) is 1. The van der Waals surface area contributed by atoms with Gasteiger partial charge in [0.2, 0.25) is 0 Å². The molecule has 1 aliphatic rings. The molecule has 2 rings (SSSR count). The Kier molecular flexibility index (Phi) is 1.03. The molecule has 0 bridgehead atoms. The number of allylic oxidation sites excluding steroid dienone is 1. The van der Waals surface area contributed by atoms with Crippen molar-refractivity contribution in [1.29, 1.82) is 0 Å². The van der Waals surface area contributed by atoms with Gasteiger partial charge in [-0.15, -0.1) is 0 Å². The third-order valence-electron chi connectivity index (χ3n) is 1.61. The number of nitrogens with zero attached hydrogens (tertiary/aromatic N) is 2. The Morgan fingerprint density at radius 1 is 1.70 bits per heavy atom. The van der Waals surface area contributed by atoms with Crippen LogP contribution < -0.4 is 5.32 Å². The number of fused-ring (bicyclic) bond motifs is 1. The molecule has 1 aromatic rings. The van der Waals surface area contributed by atoms with Crippen LogP contribution in [0.5, 0.6) is 0 Å². The monoisotopic (exact) mass is 135 g/mol. The normalized spacial score (nSPS) is 15.5. The molecule has 0 aromatic carbocycles. The number of imidazole rings is 1. The lowest BCUT2D eigenvalue weighted by molar-refractivity contribution is 0.720. The summed E-state index contributed by atoms with van der Waals surface area (Å²) in [4.78, 5) is 4.15. The maximum atomic E-state index is 4.15. The fourth-order valence-corrected chi connectivity index (χ4v) is 1.07. The van der Waals surface area contributed by atoms with E-state index in [1.54, 1.807) is 0 Å². The predicted octanol–water partition coefficient (Wildman–Crippen LogP) is 0.805. The first-order chi connectivity index (χ1) is 4.86. The second-order valence-electron chi connectivity index (χ2n) is 2.42. The van der Waals surface area contributed by atoms with E-state index in [0.717, 1.165) is 12.4 Å². The molecule has 2 heterocycles. The molecular weight excluding hydrogens is 126 g/mol. The minimum Gasteiger partial charge on any atom is -0.380 e. The quantitative estimate of drug-likeness (QED) is 0.570. The fraction of sp³-hybridized carbons (Fsp3) is 0.286. The van der Waals surface area contributed by atoms with Gasteiger partial charge in [-0.2, -0.15) is 0 Å². The highest BCUT2D eigenvalue weighted by molar-refractivity contribution is 5.32. The Morgan fingerprint density at radius 2 is 2.60 bits per heavy atom. The van der Waals surface area contributed by atoms with Crippen molar-refractivity contribution in [3.63, 3.8) is 0 Å². The van der Waals surface area contributed by atoms with Gasteiger partial charge in [0.15, 0.2) is 0 Å². The maximum absolute atomic E-state index is 4.15. The molecule has 3 heteroatoms. The summed E-state index contributed by atoms with van der Waals surface area (Å²) in [6.45, 7) is 2.89. The van der Waals surface area contributed by atoms with Crippen molar-refractivity contribution in [2.24, 2.45) is 0 Å². The molecule has 0 amide bonds. The molecule has 0 fully saturated rings. The van der Waals surface area contributed by atoms with E-state index in [1.807, 2.05) is 30.1 Å². The molecule has 0 radical (unpaired) electrons. The number of aromatic nitrogens is 2. The van der Waals surface area contributed by atoms with Crippen molar-refractivity contribution in [1.82, 2.24) is 14.9 Å². The van der Waals surface area contributed by atoms with Crippen LogP contribution in [0.2, 0.25) is 0 Å². The largest absolute Gasteiger partial charge is 0.380 e. The highest BCUT2D eigenvalue weighted by Crippen LogP contribution is 2.06. The van der Waals surface area contributed by atoms with Gasteiger partial charge in [0.05, 0.1) is 6.54 Å². The second-order valence-corrected chi connectivity index (χ2v) is 2.42. The average molecular weight is 135 g/mol. The zero-order valence-electron chi connectivity index (χ0n) is 5.83. The van der Waals surface area contributed by atoms with Crippen LogP contribution in [-0.2, 0) is 6.54 Å². The fourth-order valence-electron chi connectivity index (χ4n) is 1.07. The predicted molar refractivity (Wildman–Crippen MR) is 39.0 cm³/mol. The first-order valence-electron chi connectivity index (χ1n) is 3.30. The standard InChI is InChI=1S/C7H9N3/c1-6-5-10-3-2-8-7(10)4-9-6/h2-3,5,9H,4H2,1H3. The minimum atomic E-state index is 0.843. The van der Waals surface area contributed by atoms with Crippen LogP contribution in [0.15, 0.2) is 18.1 Å². The summed E-state index contributed by atoms with van der Waals surface area (Å²) >= 11 is 0. The van der Waals surface area contributed by atoms with Crippen molar-refractivity contribution in [2.45, 2.75) is 13.5 Å². The third kappa shape index (κ3) is 0.708. The smallest absolute Gasteiger partial charge is 0.132 e. The first kappa shape index (κ1) is 5.53. The van der Waals surface area contributed by atoms with E-state index in [-0.39, 0.29) is 0 Å². The van der Waals surface area contributed by atoms with Gasteiger partial charge in [-0.1, -0.05) is 0 Å². The van der Waals surface area contributed by atoms with Gasteiger partial charge in [-0.05, 0) is 6.92 Å². The SMILES string of the molecule is CC1=Cn2ccnc2CN1. The van der Waals surface area contributed by atoms with Gasteiger partial charge in [-0.3, -0.25) is 0 Å². The number of rotatable bonds is 0. The summed E-state index contributed by atoms with van der Waals surface area (Å²) in [7, 11) is 0. The van der Waals surface area contributed by atoms with E-state index in [1.165, 1.54) is 5.70 Å². The van der Waals surface area contributed by atoms with E-state index in [2.05, 4.69) is 10.3 Å². The molecule has 52 valence electrons. The van der Waals surface area contributed by atoms with E-state index in [9.17, 15) is 0 Å². The Morgan fingerprint density at radius 3 is 3.50 bits per heavy atom. The highest BCUT2D eigenvalue weighted by atomic mass is 15.1. The molecule has 0 saturated carbocycles. The number of hydrogen-bond acceptors (Lipinski definition) is 2. The topological polar surface area (TPSA) is 29.9 Å². The van der Waals surface area contributed by atoms with Crippen molar-refractivity contribution in [3.05, 3.63) is 23.9 Å². The van der Waals surface area contributed by atoms with E-state index >= 15 is 0 Å². The lowest BCUT2D eigenvalue weighted by atomic mass is 10.4. The van der Waals surface area contributed by atoms with Crippen molar-refractivity contribution in [2.75, 3.05) is 0 Å². The first-order valence-corrected chi connectivity index (χ1v) is 3.30. The van der Waals surface area contributed by atoms with Crippen LogP contribution in [0.3, 0.4) is 0 Å². The van der Waals surface area contributed by atoms with Crippen LogP contribution in [0.25, 0.3) is 6.20 Å². The summed E-state index contributed by atoms with van der Waals surface area (Å²) in [6, 6.07) is 0. The molecule has 10 heavy (non-hydrogen) atoms. The number of nitrogens with one attached hydrogen (secondary N) is 1. The second kappa shape index (κ2) is 1.87. The molecular formula is C7H9N3. The van der Waals surface area contributed by atoms with E-state index < -0.39 is 0 Å². The lowest BCUT2D eigenvalue weighted by Crippen LogP contribution is -2.18. The van der Waals surface area contributed by atoms with Gasteiger partial charge in [-0.25, -0.2) is 4.98 Å². The molecule has 3 nitrogen and oxygen atoms in total. The van der Waals surface area contributed by atoms with Crippen molar-refractivity contribution >= 4 is 6.20 Å². The lowest BCUT2D eigenvalue weighted by Gasteiger charge is -2.13. The summed E-state index contributed by atoms with van der Waals surface area (Å²) in [6.07, 6.45) is 5.80. The summed E-state index contributed by atoms with van der Waals surface area (Å²) in [5.41, 5.74) is 1.19. The minimum absolute atomic E-state index is 0.843.